The third-order valence-electron chi connectivity index (χ3n) is 5.37. The number of hydrogen-bond donors (Lipinski definition) is 3. The smallest absolute Gasteiger partial charge is 0.244 e. The summed E-state index contributed by atoms with van der Waals surface area (Å²) in [4.78, 5) is 35.8. The first-order chi connectivity index (χ1) is 14.8. The zero-order valence-corrected chi connectivity index (χ0v) is 18.6. The van der Waals surface area contributed by atoms with Crippen LogP contribution in [0.4, 0.5) is 16.2 Å². The standard InChI is InChI=1S/C20H34FN7O3/c1-4-5-6-8-16(13-28(31)14-29)19(30)24-25-20-22-15(2)17(21)18(23-20)27-10-7-9-26(3)11-12-27/h14,16,31H,4-13H2,1-3H3,(H,24,30)(H,22,23,25). The molecule has 0 spiro atoms. The van der Waals surface area contributed by atoms with Crippen LogP contribution < -0.4 is 15.8 Å². The predicted octanol–water partition coefficient (Wildman–Crippen LogP) is 1.55. The molecule has 1 aliphatic heterocycles. The van der Waals surface area contributed by atoms with E-state index in [4.69, 9.17) is 0 Å². The lowest BCUT2D eigenvalue weighted by Gasteiger charge is -2.23. The summed E-state index contributed by atoms with van der Waals surface area (Å²) in [6, 6.07) is 0. The molecule has 3 N–H and O–H groups in total. The lowest BCUT2D eigenvalue weighted by Crippen LogP contribution is -2.40. The van der Waals surface area contributed by atoms with E-state index in [2.05, 4.69) is 32.6 Å². The van der Waals surface area contributed by atoms with Crippen molar-refractivity contribution in [2.45, 2.75) is 46.0 Å². The maximum atomic E-state index is 14.7. The molecule has 1 atom stereocenters. The zero-order valence-electron chi connectivity index (χ0n) is 18.6. The fraction of sp³-hybridized carbons (Fsp3) is 0.700. The highest BCUT2D eigenvalue weighted by molar-refractivity contribution is 5.80. The summed E-state index contributed by atoms with van der Waals surface area (Å²) in [7, 11) is 2.03. The maximum Gasteiger partial charge on any atom is 0.244 e. The van der Waals surface area contributed by atoms with Gasteiger partial charge in [-0.05, 0) is 33.4 Å². The van der Waals surface area contributed by atoms with Crippen LogP contribution in [0.15, 0.2) is 0 Å². The fourth-order valence-corrected chi connectivity index (χ4v) is 3.50. The molecule has 1 unspecified atom stereocenters. The molecule has 10 nitrogen and oxygen atoms in total. The molecule has 2 amide bonds. The molecule has 2 rings (SSSR count). The number of nitrogens with zero attached hydrogens (tertiary/aromatic N) is 5. The highest BCUT2D eigenvalue weighted by Crippen LogP contribution is 2.22. The highest BCUT2D eigenvalue weighted by Gasteiger charge is 2.23. The van der Waals surface area contributed by atoms with Crippen molar-refractivity contribution in [2.24, 2.45) is 5.92 Å². The number of halogens is 1. The summed E-state index contributed by atoms with van der Waals surface area (Å²) in [5, 5.41) is 9.96. The summed E-state index contributed by atoms with van der Waals surface area (Å²) < 4.78 is 14.7. The molecule has 1 fully saturated rings. The van der Waals surface area contributed by atoms with Crippen LogP contribution in [0.5, 0.6) is 0 Å². The first-order valence-corrected chi connectivity index (χ1v) is 10.8. The van der Waals surface area contributed by atoms with Gasteiger partial charge in [0.1, 0.15) is 0 Å². The second kappa shape index (κ2) is 12.4. The van der Waals surface area contributed by atoms with Crippen molar-refractivity contribution in [3.63, 3.8) is 0 Å². The van der Waals surface area contributed by atoms with Crippen LogP contribution in [0.2, 0.25) is 0 Å². The minimum atomic E-state index is -0.601. The van der Waals surface area contributed by atoms with E-state index in [1.165, 1.54) is 0 Å². The topological polar surface area (TPSA) is 114 Å². The minimum Gasteiger partial charge on any atom is -0.353 e. The third kappa shape index (κ3) is 7.59. The Hall–Kier alpha value is -2.53. The number of nitrogens with one attached hydrogen (secondary N) is 2. The van der Waals surface area contributed by atoms with Crippen molar-refractivity contribution < 1.29 is 19.2 Å². The summed E-state index contributed by atoms with van der Waals surface area (Å²) in [6.45, 7) is 6.55. The van der Waals surface area contributed by atoms with Crippen LogP contribution in [-0.2, 0) is 9.59 Å². The van der Waals surface area contributed by atoms with Crippen molar-refractivity contribution >= 4 is 24.1 Å². The van der Waals surface area contributed by atoms with Gasteiger partial charge in [-0.25, -0.2) is 14.4 Å². The second-order valence-electron chi connectivity index (χ2n) is 7.95. The Bertz CT molecular complexity index is 737. The Kier molecular flexibility index (Phi) is 9.86. The molecule has 0 saturated carbocycles. The molecule has 1 saturated heterocycles. The quantitative estimate of drug-likeness (QED) is 0.206. The number of rotatable bonds is 11. The molecule has 1 aromatic heterocycles. The van der Waals surface area contributed by atoms with E-state index in [-0.39, 0.29) is 30.4 Å². The third-order valence-corrected chi connectivity index (χ3v) is 5.37. The average molecular weight is 440 g/mol. The summed E-state index contributed by atoms with van der Waals surface area (Å²) in [6.07, 6.45) is 4.40. The highest BCUT2D eigenvalue weighted by atomic mass is 19.1. The van der Waals surface area contributed by atoms with Crippen molar-refractivity contribution in [1.82, 2.24) is 25.4 Å². The van der Waals surface area contributed by atoms with Gasteiger partial charge in [-0.2, -0.15) is 4.98 Å². The number of hydrogen-bond acceptors (Lipinski definition) is 8. The van der Waals surface area contributed by atoms with Gasteiger partial charge in [0.25, 0.3) is 0 Å². The molecule has 11 heteroatoms. The predicted molar refractivity (Wildman–Crippen MR) is 115 cm³/mol. The fourth-order valence-electron chi connectivity index (χ4n) is 3.50. The van der Waals surface area contributed by atoms with Crippen molar-refractivity contribution in [3.05, 3.63) is 11.5 Å². The van der Waals surface area contributed by atoms with E-state index in [1.54, 1.807) is 6.92 Å². The summed E-state index contributed by atoms with van der Waals surface area (Å²) in [5.74, 6) is -1.18. The number of likely N-dealkylation sites (N-methyl/N-ethyl adjacent to an activating group) is 1. The monoisotopic (exact) mass is 439 g/mol. The SMILES string of the molecule is CCCCCC(CN(O)C=O)C(=O)NNc1nc(C)c(F)c(N2CCCN(C)CC2)n1. The number of anilines is 2. The van der Waals surface area contributed by atoms with Gasteiger partial charge in [-0.15, -0.1) is 0 Å². The van der Waals surface area contributed by atoms with Crippen LogP contribution in [-0.4, -0.2) is 77.2 Å². The van der Waals surface area contributed by atoms with Crippen LogP contribution >= 0.6 is 0 Å². The van der Waals surface area contributed by atoms with E-state index in [9.17, 15) is 19.2 Å². The largest absolute Gasteiger partial charge is 0.353 e. The minimum absolute atomic E-state index is 0.0865. The molecule has 1 aliphatic rings. The van der Waals surface area contributed by atoms with Gasteiger partial charge in [0.15, 0.2) is 11.6 Å². The molecular weight excluding hydrogens is 405 g/mol. The molecule has 174 valence electrons. The molecular formula is C20H34FN7O3. The Balaban J connectivity index is 2.07. The number of hydroxylamine groups is 2. The van der Waals surface area contributed by atoms with Crippen LogP contribution in [0.1, 0.15) is 44.7 Å². The van der Waals surface area contributed by atoms with Crippen LogP contribution in [0.25, 0.3) is 0 Å². The zero-order chi connectivity index (χ0) is 22.8. The van der Waals surface area contributed by atoms with Crippen LogP contribution in [0.3, 0.4) is 0 Å². The average Bonchev–Trinajstić information content (AvgIpc) is 2.97. The van der Waals surface area contributed by atoms with E-state index in [1.807, 2.05) is 11.9 Å². The van der Waals surface area contributed by atoms with E-state index >= 15 is 0 Å². The number of unbranched alkanes of at least 4 members (excludes halogenated alkanes) is 2. The lowest BCUT2D eigenvalue weighted by atomic mass is 10.0. The Morgan fingerprint density at radius 3 is 2.77 bits per heavy atom. The molecule has 2 heterocycles. The molecule has 0 radical (unpaired) electrons. The molecule has 0 aliphatic carbocycles. The van der Waals surface area contributed by atoms with Gasteiger partial charge in [0.05, 0.1) is 18.2 Å². The number of carbonyl (C=O) groups is 2. The summed E-state index contributed by atoms with van der Waals surface area (Å²) >= 11 is 0. The number of carbonyl (C=O) groups excluding carboxylic acids is 2. The number of aryl methyl sites for hydroxylation is 1. The van der Waals surface area contributed by atoms with Crippen molar-refractivity contribution in [1.29, 1.82) is 0 Å². The van der Waals surface area contributed by atoms with Gasteiger partial charge < -0.3 is 9.80 Å². The molecule has 0 aromatic carbocycles. The van der Waals surface area contributed by atoms with E-state index < -0.39 is 17.6 Å². The molecule has 0 bridgehead atoms. The van der Waals surface area contributed by atoms with E-state index in [0.29, 0.717) is 24.6 Å². The Morgan fingerprint density at radius 2 is 2.06 bits per heavy atom. The first-order valence-electron chi connectivity index (χ1n) is 10.8. The summed E-state index contributed by atoms with van der Waals surface area (Å²) in [5.41, 5.74) is 5.38. The normalized spacial score (nSPS) is 15.8. The molecule has 31 heavy (non-hydrogen) atoms. The number of hydrazine groups is 1. The second-order valence-corrected chi connectivity index (χ2v) is 7.95. The van der Waals surface area contributed by atoms with E-state index in [0.717, 1.165) is 38.8 Å². The Labute approximate surface area is 182 Å². The van der Waals surface area contributed by atoms with Gasteiger partial charge in [0, 0.05) is 19.6 Å². The number of amides is 2. The van der Waals surface area contributed by atoms with Crippen LogP contribution in [0, 0.1) is 18.7 Å². The maximum absolute atomic E-state index is 14.7. The first kappa shape index (κ1) is 24.7. The van der Waals surface area contributed by atoms with Crippen molar-refractivity contribution in [2.75, 3.05) is 50.1 Å². The van der Waals surface area contributed by atoms with Crippen molar-refractivity contribution in [3.8, 4) is 0 Å². The van der Waals surface area contributed by atoms with Gasteiger partial charge in [0.2, 0.25) is 18.3 Å². The number of aromatic nitrogens is 2. The van der Waals surface area contributed by atoms with Gasteiger partial charge >= 0.3 is 0 Å². The van der Waals surface area contributed by atoms with Gasteiger partial charge in [-0.1, -0.05) is 26.2 Å². The lowest BCUT2D eigenvalue weighted by molar-refractivity contribution is -0.154. The van der Waals surface area contributed by atoms with Gasteiger partial charge in [-0.3, -0.25) is 25.6 Å². The Morgan fingerprint density at radius 1 is 1.29 bits per heavy atom. The molecule has 1 aromatic rings.